The molecule has 3 nitrogen and oxygen atoms in total. The van der Waals surface area contributed by atoms with Crippen molar-refractivity contribution >= 4 is 11.3 Å². The Morgan fingerprint density at radius 2 is 2.40 bits per heavy atom. The molecule has 1 heterocycles. The molecule has 0 radical (unpaired) electrons. The monoisotopic (exact) mass is 224 g/mol. The third-order valence-corrected chi connectivity index (χ3v) is 2.96. The summed E-state index contributed by atoms with van der Waals surface area (Å²) in [5.41, 5.74) is 0. The number of nitrogens with zero attached hydrogens (tertiary/aromatic N) is 1. The van der Waals surface area contributed by atoms with Crippen molar-refractivity contribution in [2.45, 2.75) is 26.4 Å². The smallest absolute Gasteiger partial charge is 0.110 e. The van der Waals surface area contributed by atoms with Crippen LogP contribution in [0.1, 0.15) is 23.6 Å². The summed E-state index contributed by atoms with van der Waals surface area (Å²) in [7, 11) is 0. The zero-order chi connectivity index (χ0) is 11.1. The van der Waals surface area contributed by atoms with Crippen LogP contribution >= 0.6 is 11.3 Å². The quantitative estimate of drug-likeness (QED) is 0.805. The van der Waals surface area contributed by atoms with Gasteiger partial charge in [-0.3, -0.25) is 0 Å². The van der Waals surface area contributed by atoms with Crippen molar-refractivity contribution in [1.82, 2.24) is 5.32 Å². The van der Waals surface area contributed by atoms with Gasteiger partial charge in [0.25, 0.3) is 0 Å². The fourth-order valence-electron chi connectivity index (χ4n) is 1.16. The van der Waals surface area contributed by atoms with Crippen molar-refractivity contribution in [2.24, 2.45) is 0 Å². The number of ether oxygens (including phenoxy) is 1. The zero-order valence-electron chi connectivity index (χ0n) is 9.12. The van der Waals surface area contributed by atoms with E-state index in [2.05, 4.69) is 18.3 Å². The number of thiophene rings is 1. The SMILES string of the molecule is CCOCC(C)NCc1ccc(C#N)s1. The molecule has 0 saturated heterocycles. The molecule has 1 N–H and O–H groups in total. The maximum absolute atomic E-state index is 8.66. The predicted octanol–water partition coefficient (Wildman–Crippen LogP) is 2.13. The Kier molecular flexibility index (Phi) is 5.33. The van der Waals surface area contributed by atoms with Gasteiger partial charge in [-0.25, -0.2) is 0 Å². The molecule has 0 amide bonds. The number of hydrogen-bond donors (Lipinski definition) is 1. The topological polar surface area (TPSA) is 45.0 Å². The fraction of sp³-hybridized carbons (Fsp3) is 0.545. The molecule has 1 atom stereocenters. The van der Waals surface area contributed by atoms with Gasteiger partial charge in [-0.15, -0.1) is 11.3 Å². The molecule has 0 aliphatic heterocycles. The second-order valence-electron chi connectivity index (χ2n) is 3.32. The first kappa shape index (κ1) is 12.2. The van der Waals surface area contributed by atoms with Crippen molar-refractivity contribution in [1.29, 1.82) is 5.26 Å². The number of rotatable bonds is 6. The van der Waals surface area contributed by atoms with Crippen molar-refractivity contribution in [3.63, 3.8) is 0 Å². The second kappa shape index (κ2) is 6.57. The van der Waals surface area contributed by atoms with E-state index in [-0.39, 0.29) is 0 Å². The van der Waals surface area contributed by atoms with Gasteiger partial charge in [-0.1, -0.05) is 0 Å². The Morgan fingerprint density at radius 3 is 3.00 bits per heavy atom. The van der Waals surface area contributed by atoms with Gasteiger partial charge in [0, 0.05) is 24.1 Å². The van der Waals surface area contributed by atoms with Crippen LogP contribution in [-0.4, -0.2) is 19.3 Å². The molecule has 15 heavy (non-hydrogen) atoms. The van der Waals surface area contributed by atoms with Crippen LogP contribution < -0.4 is 5.32 Å². The minimum atomic E-state index is 0.345. The lowest BCUT2D eigenvalue weighted by atomic mass is 10.3. The summed E-state index contributed by atoms with van der Waals surface area (Å²) in [5, 5.41) is 12.0. The molecular formula is C11H16N2OS. The zero-order valence-corrected chi connectivity index (χ0v) is 9.93. The van der Waals surface area contributed by atoms with E-state index < -0.39 is 0 Å². The Hall–Kier alpha value is -0.890. The lowest BCUT2D eigenvalue weighted by Gasteiger charge is -2.12. The average molecular weight is 224 g/mol. The van der Waals surface area contributed by atoms with Gasteiger partial charge in [0.1, 0.15) is 10.9 Å². The van der Waals surface area contributed by atoms with Gasteiger partial charge in [-0.05, 0) is 26.0 Å². The number of nitriles is 1. The molecular weight excluding hydrogens is 208 g/mol. The van der Waals surface area contributed by atoms with Crippen LogP contribution in [0.3, 0.4) is 0 Å². The van der Waals surface area contributed by atoms with E-state index in [1.165, 1.54) is 16.2 Å². The van der Waals surface area contributed by atoms with Gasteiger partial charge < -0.3 is 10.1 Å². The molecule has 1 aromatic rings. The lowest BCUT2D eigenvalue weighted by Crippen LogP contribution is -2.29. The van der Waals surface area contributed by atoms with Crippen molar-refractivity contribution in [3.8, 4) is 6.07 Å². The third kappa shape index (κ3) is 4.43. The van der Waals surface area contributed by atoms with E-state index in [1.54, 1.807) is 0 Å². The normalized spacial score (nSPS) is 12.3. The predicted molar refractivity (Wildman–Crippen MR) is 61.8 cm³/mol. The molecule has 1 aromatic heterocycles. The highest BCUT2D eigenvalue weighted by molar-refractivity contribution is 7.12. The minimum Gasteiger partial charge on any atom is -0.380 e. The van der Waals surface area contributed by atoms with E-state index in [0.717, 1.165) is 24.6 Å². The Bertz CT molecular complexity index is 330. The fourth-order valence-corrected chi connectivity index (χ4v) is 1.92. The van der Waals surface area contributed by atoms with Gasteiger partial charge in [0.15, 0.2) is 0 Å². The van der Waals surface area contributed by atoms with Crippen LogP contribution in [0.25, 0.3) is 0 Å². The summed E-state index contributed by atoms with van der Waals surface area (Å²) >= 11 is 1.53. The van der Waals surface area contributed by atoms with E-state index in [0.29, 0.717) is 6.04 Å². The average Bonchev–Trinajstić information content (AvgIpc) is 2.71. The van der Waals surface area contributed by atoms with E-state index in [1.807, 2.05) is 19.1 Å². The van der Waals surface area contributed by atoms with Gasteiger partial charge in [0.2, 0.25) is 0 Å². The van der Waals surface area contributed by atoms with Crippen LogP contribution in [0.2, 0.25) is 0 Å². The Morgan fingerprint density at radius 1 is 1.60 bits per heavy atom. The van der Waals surface area contributed by atoms with Crippen molar-refractivity contribution in [2.75, 3.05) is 13.2 Å². The first-order valence-corrected chi connectivity index (χ1v) is 5.87. The molecule has 1 rings (SSSR count). The minimum absolute atomic E-state index is 0.345. The van der Waals surface area contributed by atoms with Gasteiger partial charge in [0.05, 0.1) is 6.61 Å². The molecule has 0 aliphatic carbocycles. The third-order valence-electron chi connectivity index (χ3n) is 1.97. The maximum atomic E-state index is 8.66. The maximum Gasteiger partial charge on any atom is 0.110 e. The highest BCUT2D eigenvalue weighted by Gasteiger charge is 2.03. The first-order chi connectivity index (χ1) is 7.26. The highest BCUT2D eigenvalue weighted by Crippen LogP contribution is 2.14. The summed E-state index contributed by atoms with van der Waals surface area (Å²) < 4.78 is 5.30. The number of hydrogen-bond acceptors (Lipinski definition) is 4. The van der Waals surface area contributed by atoms with Crippen molar-refractivity contribution in [3.05, 3.63) is 21.9 Å². The van der Waals surface area contributed by atoms with Crippen LogP contribution in [0, 0.1) is 11.3 Å². The number of nitrogens with one attached hydrogen (secondary N) is 1. The molecule has 1 unspecified atom stereocenters. The Balaban J connectivity index is 2.27. The highest BCUT2D eigenvalue weighted by atomic mass is 32.1. The molecule has 0 aromatic carbocycles. The van der Waals surface area contributed by atoms with Crippen LogP contribution in [0.15, 0.2) is 12.1 Å². The van der Waals surface area contributed by atoms with Crippen LogP contribution in [0.5, 0.6) is 0 Å². The Labute approximate surface area is 94.7 Å². The molecule has 0 fully saturated rings. The second-order valence-corrected chi connectivity index (χ2v) is 4.49. The van der Waals surface area contributed by atoms with Gasteiger partial charge >= 0.3 is 0 Å². The molecule has 0 saturated carbocycles. The lowest BCUT2D eigenvalue weighted by molar-refractivity contribution is 0.127. The summed E-state index contributed by atoms with van der Waals surface area (Å²) in [6, 6.07) is 6.33. The summed E-state index contributed by atoms with van der Waals surface area (Å²) in [4.78, 5) is 1.96. The molecule has 0 spiro atoms. The summed E-state index contributed by atoms with van der Waals surface area (Å²) in [6.07, 6.45) is 0. The van der Waals surface area contributed by atoms with E-state index in [9.17, 15) is 0 Å². The molecule has 82 valence electrons. The largest absolute Gasteiger partial charge is 0.380 e. The molecule has 0 aliphatic rings. The van der Waals surface area contributed by atoms with Crippen LogP contribution in [0.4, 0.5) is 0 Å². The van der Waals surface area contributed by atoms with Crippen molar-refractivity contribution < 1.29 is 4.74 Å². The van der Waals surface area contributed by atoms with Gasteiger partial charge in [-0.2, -0.15) is 5.26 Å². The summed E-state index contributed by atoms with van der Waals surface area (Å²) in [6.45, 7) is 6.37. The standard InChI is InChI=1S/C11H16N2OS/c1-3-14-8-9(2)13-7-11-5-4-10(6-12)15-11/h4-5,9,13H,3,7-8H2,1-2H3. The van der Waals surface area contributed by atoms with E-state index in [4.69, 9.17) is 10.00 Å². The first-order valence-electron chi connectivity index (χ1n) is 5.06. The van der Waals surface area contributed by atoms with E-state index >= 15 is 0 Å². The molecule has 0 bridgehead atoms. The van der Waals surface area contributed by atoms with Crippen LogP contribution in [-0.2, 0) is 11.3 Å². The summed E-state index contributed by atoms with van der Waals surface area (Å²) in [5.74, 6) is 0. The molecule has 4 heteroatoms.